The van der Waals surface area contributed by atoms with E-state index in [-0.39, 0.29) is 30.9 Å². The summed E-state index contributed by atoms with van der Waals surface area (Å²) >= 11 is 0. The summed E-state index contributed by atoms with van der Waals surface area (Å²) in [6, 6.07) is 21.7. The van der Waals surface area contributed by atoms with Crippen molar-refractivity contribution in [3.8, 4) is 0 Å². The van der Waals surface area contributed by atoms with Crippen molar-refractivity contribution in [1.29, 1.82) is 0 Å². The van der Waals surface area contributed by atoms with Gasteiger partial charge >= 0.3 is 11.9 Å². The molecule has 0 spiro atoms. The Morgan fingerprint density at radius 1 is 0.756 bits per heavy atom. The van der Waals surface area contributed by atoms with Crippen molar-refractivity contribution in [2.75, 3.05) is 21.3 Å². The third-order valence-electron chi connectivity index (χ3n) is 9.56. The van der Waals surface area contributed by atoms with Crippen LogP contribution in [0.2, 0.25) is 0 Å². The second kappa shape index (κ2) is 11.3. The average Bonchev–Trinajstić information content (AvgIpc) is 3.41. The molecule has 5 heteroatoms. The Kier molecular flexibility index (Phi) is 7.56. The number of ether oxygens (including phenoxy) is 3. The molecule has 3 aromatic rings. The fraction of sp³-hybridized carbons (Fsp3) is 0.389. The second-order valence-corrected chi connectivity index (χ2v) is 11.5. The van der Waals surface area contributed by atoms with E-state index in [9.17, 15) is 9.59 Å². The average molecular weight is 551 g/mol. The van der Waals surface area contributed by atoms with Crippen molar-refractivity contribution in [3.05, 3.63) is 105 Å². The maximum atomic E-state index is 12.5. The van der Waals surface area contributed by atoms with Gasteiger partial charge in [0.05, 0.1) is 20.3 Å². The van der Waals surface area contributed by atoms with Crippen molar-refractivity contribution in [2.24, 2.45) is 0 Å². The molecule has 0 saturated carbocycles. The van der Waals surface area contributed by atoms with E-state index < -0.39 is 5.41 Å². The fourth-order valence-electron chi connectivity index (χ4n) is 7.65. The summed E-state index contributed by atoms with van der Waals surface area (Å²) in [5.74, 6) is -0.505. The zero-order valence-corrected chi connectivity index (χ0v) is 24.3. The zero-order chi connectivity index (χ0) is 28.6. The number of esters is 2. The molecule has 212 valence electrons. The third-order valence-corrected chi connectivity index (χ3v) is 9.56. The Labute approximate surface area is 242 Å². The van der Waals surface area contributed by atoms with Crippen LogP contribution in [0.5, 0.6) is 0 Å². The topological polar surface area (TPSA) is 61.8 Å². The van der Waals surface area contributed by atoms with E-state index in [1.165, 1.54) is 60.5 Å². The molecule has 0 radical (unpaired) electrons. The number of hydrogen-bond acceptors (Lipinski definition) is 5. The molecule has 1 atom stereocenters. The molecule has 0 fully saturated rings. The minimum atomic E-state index is -0.556. The second-order valence-electron chi connectivity index (χ2n) is 11.5. The number of carbonyl (C=O) groups is 2. The van der Waals surface area contributed by atoms with E-state index in [0.29, 0.717) is 12.8 Å². The van der Waals surface area contributed by atoms with Crippen LogP contribution in [-0.2, 0) is 48.5 Å². The molecule has 41 heavy (non-hydrogen) atoms. The van der Waals surface area contributed by atoms with Crippen molar-refractivity contribution in [3.63, 3.8) is 0 Å². The van der Waals surface area contributed by atoms with Gasteiger partial charge in [0, 0.05) is 31.8 Å². The van der Waals surface area contributed by atoms with E-state index >= 15 is 0 Å². The first kappa shape index (κ1) is 27.5. The van der Waals surface area contributed by atoms with E-state index in [1.54, 1.807) is 0 Å². The molecule has 6 rings (SSSR count). The number of aryl methyl sites for hydroxylation is 1. The smallest absolute Gasteiger partial charge is 0.305 e. The van der Waals surface area contributed by atoms with Gasteiger partial charge in [-0.1, -0.05) is 60.7 Å². The molecular formula is C36H38O5. The molecule has 0 N–H and O–H groups in total. The van der Waals surface area contributed by atoms with Gasteiger partial charge in [-0.25, -0.2) is 0 Å². The van der Waals surface area contributed by atoms with Gasteiger partial charge in [0.2, 0.25) is 0 Å². The summed E-state index contributed by atoms with van der Waals surface area (Å²) in [7, 11) is 4.68. The highest BCUT2D eigenvalue weighted by Gasteiger charge is 2.45. The third kappa shape index (κ3) is 4.61. The van der Waals surface area contributed by atoms with Crippen molar-refractivity contribution >= 4 is 23.1 Å². The maximum absolute atomic E-state index is 12.5. The Balaban J connectivity index is 1.65. The molecule has 3 aliphatic rings. The lowest BCUT2D eigenvalue weighted by Crippen LogP contribution is -2.35. The van der Waals surface area contributed by atoms with Gasteiger partial charge in [-0.05, 0) is 94.2 Å². The van der Waals surface area contributed by atoms with Crippen LogP contribution in [0, 0.1) is 0 Å². The number of carbonyl (C=O) groups excluding carboxylic acids is 2. The number of methoxy groups -OCH3 is 3. The van der Waals surface area contributed by atoms with Gasteiger partial charge in [0.15, 0.2) is 0 Å². The Hall–Kier alpha value is -3.70. The minimum Gasteiger partial charge on any atom is -0.469 e. The molecular weight excluding hydrogens is 512 g/mol. The van der Waals surface area contributed by atoms with Crippen LogP contribution < -0.4 is 0 Å². The summed E-state index contributed by atoms with van der Waals surface area (Å²) in [6.45, 7) is 0. The Bertz CT molecular complexity index is 1460. The van der Waals surface area contributed by atoms with Gasteiger partial charge in [-0.15, -0.1) is 0 Å². The van der Waals surface area contributed by atoms with Crippen molar-refractivity contribution in [2.45, 2.75) is 69.3 Å². The van der Waals surface area contributed by atoms with E-state index in [0.717, 1.165) is 41.5 Å². The van der Waals surface area contributed by atoms with Crippen LogP contribution in [0.15, 0.2) is 60.7 Å². The number of rotatable bonds is 7. The molecule has 0 heterocycles. The molecule has 0 aliphatic heterocycles. The highest BCUT2D eigenvalue weighted by atomic mass is 16.5. The quantitative estimate of drug-likeness (QED) is 0.310. The lowest BCUT2D eigenvalue weighted by Gasteiger charge is -2.43. The van der Waals surface area contributed by atoms with Gasteiger partial charge in [-0.2, -0.15) is 0 Å². The minimum absolute atomic E-state index is 0.0489. The van der Waals surface area contributed by atoms with Gasteiger partial charge in [0.25, 0.3) is 0 Å². The molecule has 0 aromatic heterocycles. The van der Waals surface area contributed by atoms with Crippen LogP contribution in [0.25, 0.3) is 11.1 Å². The zero-order valence-electron chi connectivity index (χ0n) is 24.3. The number of hydrogen-bond donors (Lipinski definition) is 0. The predicted octanol–water partition coefficient (Wildman–Crippen LogP) is 6.60. The highest BCUT2D eigenvalue weighted by molar-refractivity contribution is 6.06. The van der Waals surface area contributed by atoms with Gasteiger partial charge in [-0.3, -0.25) is 9.59 Å². The Morgan fingerprint density at radius 3 is 1.90 bits per heavy atom. The number of benzene rings is 3. The normalized spacial score (nSPS) is 18.2. The standard InChI is InChI=1S/C36H38O5/c1-39-30-22-24-17-16-23-10-4-5-11-25(23)33(24)35(30)34-26-12-6-8-14-28(26)36(20-18-31(37)40-2,21-19-32(38)41-3)29-15-9-7-13-27(29)34/h6-9,12-17,30H,4-5,10-11,18-22H2,1-3H3/t30-/m0/s1. The summed E-state index contributed by atoms with van der Waals surface area (Å²) in [5, 5.41) is 0. The summed E-state index contributed by atoms with van der Waals surface area (Å²) in [4.78, 5) is 25.0. The summed E-state index contributed by atoms with van der Waals surface area (Å²) < 4.78 is 16.4. The molecule has 5 nitrogen and oxygen atoms in total. The molecule has 0 unspecified atom stereocenters. The molecule has 3 aliphatic carbocycles. The highest BCUT2D eigenvalue weighted by Crippen LogP contribution is 2.55. The predicted molar refractivity (Wildman–Crippen MR) is 160 cm³/mol. The van der Waals surface area contributed by atoms with Crippen molar-refractivity contribution in [1.82, 2.24) is 0 Å². The first-order valence-electron chi connectivity index (χ1n) is 14.8. The van der Waals surface area contributed by atoms with Gasteiger partial charge in [0.1, 0.15) is 0 Å². The van der Waals surface area contributed by atoms with E-state index in [1.807, 2.05) is 7.11 Å². The summed E-state index contributed by atoms with van der Waals surface area (Å²) in [6.07, 6.45) is 7.05. The van der Waals surface area contributed by atoms with E-state index in [4.69, 9.17) is 14.2 Å². The lowest BCUT2D eigenvalue weighted by molar-refractivity contribution is -0.141. The van der Waals surface area contributed by atoms with Crippen LogP contribution in [-0.4, -0.2) is 39.4 Å². The largest absolute Gasteiger partial charge is 0.469 e. The monoisotopic (exact) mass is 550 g/mol. The summed E-state index contributed by atoms with van der Waals surface area (Å²) in [5.41, 5.74) is 12.2. The fourth-order valence-corrected chi connectivity index (χ4v) is 7.65. The van der Waals surface area contributed by atoms with Crippen molar-refractivity contribution < 1.29 is 23.8 Å². The molecule has 0 saturated heterocycles. The van der Waals surface area contributed by atoms with E-state index in [2.05, 4.69) is 60.7 Å². The van der Waals surface area contributed by atoms with Crippen LogP contribution in [0.4, 0.5) is 0 Å². The van der Waals surface area contributed by atoms with Crippen LogP contribution in [0.1, 0.15) is 83.0 Å². The molecule has 0 bridgehead atoms. The first-order chi connectivity index (χ1) is 20.0. The SMILES string of the molecule is COC(=O)CCC1(CCC(=O)OC)c2ccccc2C(=C2c3c(ccc4c3CCCC4)C[C@@H]2OC)c2ccccc21. The molecule has 0 amide bonds. The number of fused-ring (bicyclic) bond motifs is 5. The Morgan fingerprint density at radius 2 is 1.32 bits per heavy atom. The maximum Gasteiger partial charge on any atom is 0.305 e. The van der Waals surface area contributed by atoms with Gasteiger partial charge < -0.3 is 14.2 Å². The molecule has 3 aromatic carbocycles. The lowest BCUT2D eigenvalue weighted by atomic mass is 9.60. The van der Waals surface area contributed by atoms with Crippen LogP contribution in [0.3, 0.4) is 0 Å². The first-order valence-corrected chi connectivity index (χ1v) is 14.8. The van der Waals surface area contributed by atoms with Crippen LogP contribution >= 0.6 is 0 Å².